The van der Waals surface area contributed by atoms with E-state index in [1.165, 1.54) is 89.9 Å². The van der Waals surface area contributed by atoms with Crippen molar-refractivity contribution >= 4 is 35.8 Å². The van der Waals surface area contributed by atoms with Crippen molar-refractivity contribution in [2.45, 2.75) is 225 Å². The molecule has 79 heavy (non-hydrogen) atoms. The number of unbranched alkanes of at least 4 members (excludes halogenated alkanes) is 25. The molecule has 1 heterocycles. The molecule has 1 atom stereocenters. The summed E-state index contributed by atoms with van der Waals surface area (Å²) in [6.07, 6.45) is 43.6. The Morgan fingerprint density at radius 1 is 0.456 bits per heavy atom. The summed E-state index contributed by atoms with van der Waals surface area (Å²) in [5.74, 6) is -3.55. The summed E-state index contributed by atoms with van der Waals surface area (Å²) in [6.45, 7) is 8.79. The molecule has 1 amide bonds. The van der Waals surface area contributed by atoms with E-state index in [2.05, 4.69) is 48.4 Å². The van der Waals surface area contributed by atoms with Gasteiger partial charge in [-0.05, 0) is 90.6 Å². The number of allylic oxidation sites excluding steroid dienone is 4. The molecule has 0 bridgehead atoms. The summed E-state index contributed by atoms with van der Waals surface area (Å²) < 4.78 is 11.7. The highest BCUT2D eigenvalue weighted by molar-refractivity contribution is 5.78. The number of hydrogen-bond acceptors (Lipinski definition) is 13. The molecule has 0 radical (unpaired) electrons. The van der Waals surface area contributed by atoms with Crippen LogP contribution in [-0.2, 0) is 38.2 Å². The third kappa shape index (κ3) is 48.5. The second-order valence-electron chi connectivity index (χ2n) is 22.3. The smallest absolute Gasteiger partial charge is 0.317 e. The predicted molar refractivity (Wildman–Crippen MR) is 317 cm³/mol. The number of carboxylic acid groups (broad SMARTS) is 3. The maximum Gasteiger partial charge on any atom is 0.317 e. The Bertz CT molecular complexity index is 1590. The van der Waals surface area contributed by atoms with Crippen LogP contribution < -0.4 is 5.32 Å². The van der Waals surface area contributed by atoms with E-state index in [9.17, 15) is 44.1 Å². The second kappa shape index (κ2) is 52.2. The molecule has 458 valence electrons. The molecule has 1 saturated heterocycles. The molecule has 1 aliphatic rings. The van der Waals surface area contributed by atoms with E-state index < -0.39 is 24.0 Å². The lowest BCUT2D eigenvalue weighted by Gasteiger charge is -2.32. The predicted octanol–water partition coefficient (Wildman–Crippen LogP) is 10.6. The van der Waals surface area contributed by atoms with Gasteiger partial charge in [-0.3, -0.25) is 48.4 Å². The third-order valence-corrected chi connectivity index (χ3v) is 14.7. The van der Waals surface area contributed by atoms with Gasteiger partial charge < -0.3 is 35.0 Å². The number of nitrogens with zero attached hydrogens (tertiary/aromatic N) is 5. The van der Waals surface area contributed by atoms with Crippen molar-refractivity contribution in [1.29, 1.82) is 0 Å². The van der Waals surface area contributed by atoms with E-state index >= 15 is 0 Å². The lowest BCUT2D eigenvalue weighted by Crippen LogP contribution is -2.49. The Kier molecular flexibility index (Phi) is 48.3. The quantitative estimate of drug-likeness (QED) is 0.0254. The van der Waals surface area contributed by atoms with E-state index in [4.69, 9.17) is 9.47 Å². The van der Waals surface area contributed by atoms with E-state index in [-0.39, 0.29) is 50.6 Å². The zero-order valence-electron chi connectivity index (χ0n) is 50.2. The first kappa shape index (κ1) is 73.1. The van der Waals surface area contributed by atoms with Gasteiger partial charge in [0.25, 0.3) is 0 Å². The normalized spacial score (nSPS) is 15.1. The van der Waals surface area contributed by atoms with Crippen molar-refractivity contribution in [3.63, 3.8) is 0 Å². The summed E-state index contributed by atoms with van der Waals surface area (Å²) >= 11 is 0. The van der Waals surface area contributed by atoms with Crippen molar-refractivity contribution in [3.8, 4) is 0 Å². The van der Waals surface area contributed by atoms with Gasteiger partial charge in [0.15, 0.2) is 0 Å². The van der Waals surface area contributed by atoms with Gasteiger partial charge in [0.1, 0.15) is 12.7 Å². The van der Waals surface area contributed by atoms with Crippen LogP contribution in [0.5, 0.6) is 0 Å². The number of amides is 1. The van der Waals surface area contributed by atoms with Crippen LogP contribution in [0.2, 0.25) is 0 Å². The number of nitrogens with one attached hydrogen (secondary N) is 1. The Morgan fingerprint density at radius 3 is 1.20 bits per heavy atom. The molecule has 1 unspecified atom stereocenters. The summed E-state index contributed by atoms with van der Waals surface area (Å²) in [7, 11) is 2.04. The van der Waals surface area contributed by atoms with E-state index in [1.54, 1.807) is 14.7 Å². The lowest BCUT2D eigenvalue weighted by atomic mass is 10.1. The van der Waals surface area contributed by atoms with Crippen molar-refractivity contribution in [2.75, 3.05) is 112 Å². The van der Waals surface area contributed by atoms with Crippen molar-refractivity contribution in [3.05, 3.63) is 24.3 Å². The molecule has 17 nitrogen and oxygen atoms in total. The molecule has 17 heteroatoms. The standard InChI is InChI=1S/C62H114N6O11/c1-4-6-8-10-12-14-16-18-20-22-26-30-34-38-61(76)78-55-56(79-62(77)39-35-31-27-23-21-19-17-15-13-11-9-7-5-2)50-64(3)41-37-33-29-25-24-28-32-36-40-63-57(69)51-65-42-44-66(52-58(70)71)46-48-68(54-60(74)75)49-47-67(45-43-65)53-59(72)73/h14-17,56H,4-13,18-55H2,1-3H3,(H,63,69)(H,70,71)(H,72,73)(H,74,75)/b16-14+,17-15+. The summed E-state index contributed by atoms with van der Waals surface area (Å²) in [4.78, 5) is 82.9. The Morgan fingerprint density at radius 2 is 0.797 bits per heavy atom. The van der Waals surface area contributed by atoms with Gasteiger partial charge in [0, 0.05) is 78.3 Å². The molecular formula is C62H114N6O11. The zero-order chi connectivity index (χ0) is 57.8. The number of esters is 2. The van der Waals surface area contributed by atoms with E-state index in [1.807, 2.05) is 11.9 Å². The van der Waals surface area contributed by atoms with Crippen molar-refractivity contribution in [1.82, 2.24) is 29.8 Å². The fourth-order valence-electron chi connectivity index (χ4n) is 9.88. The minimum absolute atomic E-state index is 0.0804. The number of hydrogen-bond donors (Lipinski definition) is 4. The molecule has 0 saturated carbocycles. The monoisotopic (exact) mass is 1120 g/mol. The van der Waals surface area contributed by atoms with Gasteiger partial charge >= 0.3 is 29.8 Å². The first-order chi connectivity index (χ1) is 38.3. The van der Waals surface area contributed by atoms with E-state index in [0.29, 0.717) is 78.3 Å². The summed E-state index contributed by atoms with van der Waals surface area (Å²) in [5.41, 5.74) is 0. The van der Waals surface area contributed by atoms with Gasteiger partial charge in [-0.15, -0.1) is 0 Å². The first-order valence-corrected chi connectivity index (χ1v) is 31.5. The van der Waals surface area contributed by atoms with Gasteiger partial charge in [0.2, 0.25) is 5.91 Å². The SMILES string of the molecule is CCCCCC/C=C/CCCCCCCC(=O)OCC(CN(C)CCCCCCCCCCNC(=O)CN1CCN(CC(=O)O)CCN(CC(=O)O)CCN(CC(=O)O)CC1)OC(=O)CCCCCCC/C=C/CCCCCC. The molecule has 0 aromatic heterocycles. The number of rotatable bonds is 50. The highest BCUT2D eigenvalue weighted by atomic mass is 16.6. The maximum absolute atomic E-state index is 13.0. The highest BCUT2D eigenvalue weighted by Crippen LogP contribution is 2.14. The fourth-order valence-corrected chi connectivity index (χ4v) is 9.88. The van der Waals surface area contributed by atoms with Crippen LogP contribution in [0.4, 0.5) is 0 Å². The van der Waals surface area contributed by atoms with Crippen LogP contribution >= 0.6 is 0 Å². The molecule has 4 N–H and O–H groups in total. The van der Waals surface area contributed by atoms with Crippen LogP contribution in [0, 0.1) is 0 Å². The van der Waals surface area contributed by atoms with Crippen LogP contribution in [0.25, 0.3) is 0 Å². The maximum atomic E-state index is 13.0. The molecule has 0 spiro atoms. The van der Waals surface area contributed by atoms with Gasteiger partial charge in [-0.1, -0.05) is 154 Å². The molecule has 1 rings (SSSR count). The largest absolute Gasteiger partial charge is 0.480 e. The molecular weight excluding hydrogens is 1000 g/mol. The van der Waals surface area contributed by atoms with Crippen molar-refractivity contribution in [2.24, 2.45) is 0 Å². The average Bonchev–Trinajstić information content (AvgIpc) is 3.40. The zero-order valence-corrected chi connectivity index (χ0v) is 50.2. The first-order valence-electron chi connectivity index (χ1n) is 31.5. The van der Waals surface area contributed by atoms with E-state index in [0.717, 1.165) is 109 Å². The number of carboxylic acids is 3. The number of carbonyl (C=O) groups is 6. The molecule has 0 aromatic rings. The summed E-state index contributed by atoms with van der Waals surface area (Å²) in [5, 5.41) is 31.4. The van der Waals surface area contributed by atoms with Crippen LogP contribution in [0.1, 0.15) is 219 Å². The van der Waals surface area contributed by atoms with Crippen LogP contribution in [0.3, 0.4) is 0 Å². The van der Waals surface area contributed by atoms with Gasteiger partial charge in [0.05, 0.1) is 26.2 Å². The van der Waals surface area contributed by atoms with Crippen molar-refractivity contribution < 1.29 is 53.6 Å². The third-order valence-electron chi connectivity index (χ3n) is 14.7. The second-order valence-corrected chi connectivity index (χ2v) is 22.3. The van der Waals surface area contributed by atoms with Gasteiger partial charge in [-0.2, -0.15) is 0 Å². The minimum atomic E-state index is -1.01. The van der Waals surface area contributed by atoms with Crippen LogP contribution in [-0.4, -0.2) is 194 Å². The average molecular weight is 1120 g/mol. The minimum Gasteiger partial charge on any atom is -0.480 e. The number of likely N-dealkylation sites (N-methyl/N-ethyl adjacent to an activating group) is 1. The van der Waals surface area contributed by atoms with Gasteiger partial charge in [-0.25, -0.2) is 0 Å². The van der Waals surface area contributed by atoms with Crippen LogP contribution in [0.15, 0.2) is 24.3 Å². The Labute approximate surface area is 479 Å². The molecule has 0 aliphatic carbocycles. The lowest BCUT2D eigenvalue weighted by molar-refractivity contribution is -0.160. The molecule has 0 aromatic carbocycles. The number of ether oxygens (including phenoxy) is 2. The Balaban J connectivity index is 2.46. The fraction of sp³-hybridized carbons (Fsp3) is 0.839. The molecule has 1 fully saturated rings. The molecule has 1 aliphatic heterocycles. The Hall–Kier alpha value is -3.90. The highest BCUT2D eigenvalue weighted by Gasteiger charge is 2.22. The number of aliphatic carboxylic acids is 3. The number of carbonyl (C=O) groups excluding carboxylic acids is 3. The summed E-state index contributed by atoms with van der Waals surface area (Å²) in [6, 6.07) is 0. The topological polar surface area (TPSA) is 210 Å².